The zero-order chi connectivity index (χ0) is 21.1. The van der Waals surface area contributed by atoms with Crippen molar-refractivity contribution in [2.45, 2.75) is 20.0 Å². The Bertz CT molecular complexity index is 1180. The molecule has 0 aliphatic carbocycles. The highest BCUT2D eigenvalue weighted by Gasteiger charge is 2.18. The zero-order valence-electron chi connectivity index (χ0n) is 16.6. The minimum atomic E-state index is -0.306. The summed E-state index contributed by atoms with van der Waals surface area (Å²) >= 11 is 0. The van der Waals surface area contributed by atoms with E-state index in [1.165, 1.54) is 12.1 Å². The van der Waals surface area contributed by atoms with Crippen LogP contribution in [0.15, 0.2) is 65.6 Å². The average molecular weight is 405 g/mol. The quantitative estimate of drug-likeness (QED) is 0.423. The van der Waals surface area contributed by atoms with Gasteiger partial charge < -0.3 is 9.26 Å². The summed E-state index contributed by atoms with van der Waals surface area (Å²) in [6, 6.07) is 11.5. The van der Waals surface area contributed by atoms with Crippen molar-refractivity contribution in [1.82, 2.24) is 14.9 Å². The van der Waals surface area contributed by atoms with Crippen LogP contribution in [0.2, 0.25) is 0 Å². The number of benzene rings is 2. The predicted octanol–water partition coefficient (Wildman–Crippen LogP) is 4.53. The Morgan fingerprint density at radius 3 is 2.60 bits per heavy atom. The first-order chi connectivity index (χ1) is 14.5. The van der Waals surface area contributed by atoms with Gasteiger partial charge in [-0.25, -0.2) is 4.39 Å². The van der Waals surface area contributed by atoms with Gasteiger partial charge in [-0.2, -0.15) is 5.10 Å². The summed E-state index contributed by atoms with van der Waals surface area (Å²) < 4.78 is 25.8. The van der Waals surface area contributed by atoms with E-state index in [-0.39, 0.29) is 24.6 Å². The van der Waals surface area contributed by atoms with Crippen LogP contribution < -0.4 is 4.74 Å². The topological polar surface area (TPSA) is 70.2 Å². The number of Topliss-reactive ketones (excluding diaryl/α,β-unsaturated/α-hetero) is 1. The highest BCUT2D eigenvalue weighted by Crippen LogP contribution is 2.29. The van der Waals surface area contributed by atoms with Crippen LogP contribution in [0, 0.1) is 12.7 Å². The van der Waals surface area contributed by atoms with Crippen molar-refractivity contribution in [1.29, 1.82) is 0 Å². The van der Waals surface area contributed by atoms with Crippen molar-refractivity contribution in [3.63, 3.8) is 0 Å². The number of ketones is 1. The van der Waals surface area contributed by atoms with E-state index >= 15 is 0 Å². The number of carbonyl (C=O) groups excluding carboxylic acids is 1. The summed E-state index contributed by atoms with van der Waals surface area (Å²) in [4.78, 5) is 13.1. The lowest BCUT2D eigenvalue weighted by Gasteiger charge is -2.13. The van der Waals surface area contributed by atoms with E-state index in [2.05, 4.69) is 10.3 Å². The van der Waals surface area contributed by atoms with Crippen LogP contribution in [-0.4, -0.2) is 20.7 Å². The molecule has 0 aliphatic heterocycles. The molecule has 0 radical (unpaired) electrons. The molecule has 2 aromatic heterocycles. The molecule has 0 saturated carbocycles. The van der Waals surface area contributed by atoms with Gasteiger partial charge in [0.05, 0.1) is 18.0 Å². The van der Waals surface area contributed by atoms with Crippen LogP contribution in [-0.2, 0) is 20.1 Å². The first kappa shape index (κ1) is 19.6. The molecule has 0 N–H and O–H groups in total. The van der Waals surface area contributed by atoms with E-state index in [1.807, 2.05) is 25.4 Å². The molecule has 0 aliphatic rings. The minimum Gasteiger partial charge on any atom is -0.488 e. The molecular weight excluding hydrogens is 385 g/mol. The summed E-state index contributed by atoms with van der Waals surface area (Å²) in [5.74, 6) is 0.660. The number of hydrogen-bond acceptors (Lipinski definition) is 5. The van der Waals surface area contributed by atoms with Crippen molar-refractivity contribution in [3.05, 3.63) is 89.3 Å². The lowest BCUT2D eigenvalue weighted by Crippen LogP contribution is -2.08. The maximum absolute atomic E-state index is 13.1. The molecule has 30 heavy (non-hydrogen) atoms. The Morgan fingerprint density at radius 1 is 1.13 bits per heavy atom. The smallest absolute Gasteiger partial charge is 0.171 e. The molecule has 0 fully saturated rings. The summed E-state index contributed by atoms with van der Waals surface area (Å²) in [6.07, 6.45) is 5.33. The van der Waals surface area contributed by atoms with Crippen molar-refractivity contribution in [2.75, 3.05) is 0 Å². The number of aromatic nitrogens is 3. The van der Waals surface area contributed by atoms with Gasteiger partial charge in [0.1, 0.15) is 23.9 Å². The molecule has 0 saturated heterocycles. The van der Waals surface area contributed by atoms with Crippen molar-refractivity contribution in [2.24, 2.45) is 7.05 Å². The number of hydrogen-bond donors (Lipinski definition) is 0. The van der Waals surface area contributed by atoms with Gasteiger partial charge in [-0.15, -0.1) is 0 Å². The average Bonchev–Trinajstić information content (AvgIpc) is 3.35. The molecule has 2 aromatic carbocycles. The third-order valence-corrected chi connectivity index (χ3v) is 4.83. The second-order valence-electron chi connectivity index (χ2n) is 7.04. The van der Waals surface area contributed by atoms with Crippen LogP contribution in [0.3, 0.4) is 0 Å². The van der Waals surface area contributed by atoms with E-state index in [4.69, 9.17) is 9.26 Å². The Kier molecular flexibility index (Phi) is 5.43. The van der Waals surface area contributed by atoms with Gasteiger partial charge in [-0.1, -0.05) is 23.4 Å². The molecule has 0 unspecified atom stereocenters. The highest BCUT2D eigenvalue weighted by molar-refractivity contribution is 6.01. The third-order valence-electron chi connectivity index (χ3n) is 4.83. The predicted molar refractivity (Wildman–Crippen MR) is 109 cm³/mol. The summed E-state index contributed by atoms with van der Waals surface area (Å²) in [5, 5.41) is 7.94. The highest BCUT2D eigenvalue weighted by atomic mass is 19.1. The molecule has 0 spiro atoms. The fourth-order valence-corrected chi connectivity index (χ4v) is 3.12. The number of rotatable bonds is 7. The van der Waals surface area contributed by atoms with Gasteiger partial charge in [0, 0.05) is 30.8 Å². The molecule has 0 bridgehead atoms. The summed E-state index contributed by atoms with van der Waals surface area (Å²) in [7, 11) is 1.84. The van der Waals surface area contributed by atoms with E-state index < -0.39 is 0 Å². The molecule has 7 heteroatoms. The van der Waals surface area contributed by atoms with Gasteiger partial charge >= 0.3 is 0 Å². The second-order valence-corrected chi connectivity index (χ2v) is 7.04. The fraction of sp³-hybridized carbons (Fsp3) is 0.174. The SMILES string of the molecule is Cc1oncc1CC(=O)c1cc(-c2cnn(C)c2)ccc1OCc1ccc(F)cc1. The molecule has 4 aromatic rings. The Balaban J connectivity index is 1.64. The summed E-state index contributed by atoms with van der Waals surface area (Å²) in [6.45, 7) is 1.99. The first-order valence-electron chi connectivity index (χ1n) is 9.43. The second kappa shape index (κ2) is 8.32. The summed E-state index contributed by atoms with van der Waals surface area (Å²) in [5.41, 5.74) is 3.76. The van der Waals surface area contributed by atoms with Gasteiger partial charge in [0.2, 0.25) is 0 Å². The molecule has 0 amide bonds. The Hall–Kier alpha value is -3.74. The minimum absolute atomic E-state index is 0.110. The van der Waals surface area contributed by atoms with E-state index in [1.54, 1.807) is 42.2 Å². The number of aryl methyl sites for hydroxylation is 2. The zero-order valence-corrected chi connectivity index (χ0v) is 16.6. The molecule has 152 valence electrons. The van der Waals surface area contributed by atoms with Crippen LogP contribution in [0.5, 0.6) is 5.75 Å². The monoisotopic (exact) mass is 405 g/mol. The maximum Gasteiger partial charge on any atom is 0.171 e. The van der Waals surface area contributed by atoms with E-state index in [0.29, 0.717) is 17.1 Å². The normalized spacial score (nSPS) is 10.9. The van der Waals surface area contributed by atoms with Crippen LogP contribution in [0.4, 0.5) is 4.39 Å². The number of carbonyl (C=O) groups is 1. The Labute approximate surface area is 172 Å². The first-order valence-corrected chi connectivity index (χ1v) is 9.43. The van der Waals surface area contributed by atoms with Crippen LogP contribution in [0.25, 0.3) is 11.1 Å². The third kappa shape index (κ3) is 4.30. The molecule has 2 heterocycles. The van der Waals surface area contributed by atoms with Crippen molar-refractivity contribution >= 4 is 5.78 Å². The fourth-order valence-electron chi connectivity index (χ4n) is 3.12. The lowest BCUT2D eigenvalue weighted by atomic mass is 9.99. The molecule has 4 rings (SSSR count). The van der Waals surface area contributed by atoms with Crippen molar-refractivity contribution < 1.29 is 18.4 Å². The number of ether oxygens (including phenoxy) is 1. The van der Waals surface area contributed by atoms with Crippen LogP contribution in [0.1, 0.15) is 27.2 Å². The number of halogens is 1. The number of nitrogens with zero attached hydrogens (tertiary/aromatic N) is 3. The lowest BCUT2D eigenvalue weighted by molar-refractivity contribution is 0.0988. The van der Waals surface area contributed by atoms with Gasteiger partial charge in [0.15, 0.2) is 5.78 Å². The molecule has 6 nitrogen and oxygen atoms in total. The van der Waals surface area contributed by atoms with E-state index in [0.717, 1.165) is 22.3 Å². The van der Waals surface area contributed by atoms with Gasteiger partial charge in [-0.3, -0.25) is 9.48 Å². The van der Waals surface area contributed by atoms with E-state index in [9.17, 15) is 9.18 Å². The standard InChI is InChI=1S/C23H20FN3O3/c1-15-18(12-26-30-15)10-22(28)21-9-17(19-11-25-27(2)13-19)5-8-23(21)29-14-16-3-6-20(24)7-4-16/h3-9,11-13H,10,14H2,1-2H3. The van der Waals surface area contributed by atoms with Gasteiger partial charge in [-0.05, 0) is 42.3 Å². The largest absolute Gasteiger partial charge is 0.488 e. The Morgan fingerprint density at radius 2 is 1.93 bits per heavy atom. The maximum atomic E-state index is 13.1. The van der Waals surface area contributed by atoms with Crippen molar-refractivity contribution in [3.8, 4) is 16.9 Å². The molecular formula is C23H20FN3O3. The molecule has 0 atom stereocenters. The van der Waals surface area contributed by atoms with Crippen LogP contribution >= 0.6 is 0 Å². The van der Waals surface area contributed by atoms with Gasteiger partial charge in [0.25, 0.3) is 0 Å².